The molecule has 0 saturated carbocycles. The van der Waals surface area contributed by atoms with Crippen LogP contribution in [0.4, 0.5) is 5.69 Å². The highest BCUT2D eigenvalue weighted by Gasteiger charge is 2.18. The molecule has 20 heavy (non-hydrogen) atoms. The molecule has 0 bridgehead atoms. The molecule has 112 valence electrons. The summed E-state index contributed by atoms with van der Waals surface area (Å²) in [6, 6.07) is 3.47. The largest absolute Gasteiger partial charge is 0.460 e. The lowest BCUT2D eigenvalue weighted by Crippen LogP contribution is -2.19. The maximum absolute atomic E-state index is 11.9. The van der Waals surface area contributed by atoms with Crippen molar-refractivity contribution in [2.45, 2.75) is 25.8 Å². The maximum Gasteiger partial charge on any atom is 0.338 e. The second-order valence-corrected chi connectivity index (χ2v) is 5.30. The summed E-state index contributed by atoms with van der Waals surface area (Å²) in [6.07, 6.45) is 1.92. The number of anilines is 1. The third-order valence-electron chi connectivity index (χ3n) is 3.02. The van der Waals surface area contributed by atoms with Crippen molar-refractivity contribution in [2.24, 2.45) is 0 Å². The van der Waals surface area contributed by atoms with Crippen molar-refractivity contribution in [3.05, 3.63) is 27.7 Å². The van der Waals surface area contributed by atoms with Gasteiger partial charge in [-0.05, 0) is 47.1 Å². The van der Waals surface area contributed by atoms with Gasteiger partial charge in [0.15, 0.2) is 0 Å². The topological polar surface area (TPSA) is 84.6 Å². The van der Waals surface area contributed by atoms with Crippen LogP contribution in [0.25, 0.3) is 0 Å². The summed E-state index contributed by atoms with van der Waals surface area (Å²) >= 11 is 3.37. The van der Waals surface area contributed by atoms with Crippen molar-refractivity contribution in [3.8, 4) is 0 Å². The minimum atomic E-state index is -0.465. The number of aliphatic hydroxyl groups excluding tert-OH is 1. The first-order valence-corrected chi connectivity index (χ1v) is 7.38. The molecule has 0 fully saturated rings. The standard InChI is InChI=1S/C14H21BrN2O3/c1-3-4-12(17-2)10-7-9(8-11(15)13(10)16)14(19)20-6-5-18/h7-8,12,17-18H,3-6,16H2,1-2H3. The molecule has 0 aliphatic rings. The van der Waals surface area contributed by atoms with Gasteiger partial charge in [0, 0.05) is 10.5 Å². The molecular formula is C14H21BrN2O3. The molecule has 0 heterocycles. The van der Waals surface area contributed by atoms with Crippen LogP contribution in [0.3, 0.4) is 0 Å². The highest BCUT2D eigenvalue weighted by molar-refractivity contribution is 9.10. The van der Waals surface area contributed by atoms with E-state index in [1.165, 1.54) is 0 Å². The first-order chi connectivity index (χ1) is 9.54. The van der Waals surface area contributed by atoms with E-state index in [1.54, 1.807) is 12.1 Å². The Morgan fingerprint density at radius 1 is 1.55 bits per heavy atom. The minimum Gasteiger partial charge on any atom is -0.460 e. The molecule has 1 aromatic carbocycles. The Morgan fingerprint density at radius 2 is 2.25 bits per heavy atom. The SMILES string of the molecule is CCCC(NC)c1cc(C(=O)OCCO)cc(Br)c1N. The van der Waals surface area contributed by atoms with E-state index in [-0.39, 0.29) is 19.3 Å². The highest BCUT2D eigenvalue weighted by Crippen LogP contribution is 2.32. The van der Waals surface area contributed by atoms with Crippen LogP contribution in [0, 0.1) is 0 Å². The van der Waals surface area contributed by atoms with Gasteiger partial charge < -0.3 is 20.9 Å². The van der Waals surface area contributed by atoms with E-state index in [9.17, 15) is 4.79 Å². The van der Waals surface area contributed by atoms with Crippen LogP contribution >= 0.6 is 15.9 Å². The molecular weight excluding hydrogens is 324 g/mol. The number of hydrogen-bond donors (Lipinski definition) is 3. The number of nitrogens with one attached hydrogen (secondary N) is 1. The van der Waals surface area contributed by atoms with Crippen molar-refractivity contribution in [1.82, 2.24) is 5.32 Å². The number of carbonyl (C=O) groups excluding carboxylic acids is 1. The number of carbonyl (C=O) groups is 1. The average Bonchev–Trinajstić information content (AvgIpc) is 2.45. The zero-order chi connectivity index (χ0) is 15.1. The summed E-state index contributed by atoms with van der Waals surface area (Å²) in [5.74, 6) is -0.465. The van der Waals surface area contributed by atoms with Crippen molar-refractivity contribution in [3.63, 3.8) is 0 Å². The third kappa shape index (κ3) is 4.19. The molecule has 0 amide bonds. The second-order valence-electron chi connectivity index (χ2n) is 4.45. The summed E-state index contributed by atoms with van der Waals surface area (Å²) in [7, 11) is 1.87. The Morgan fingerprint density at radius 3 is 2.80 bits per heavy atom. The fraction of sp³-hybridized carbons (Fsp3) is 0.500. The summed E-state index contributed by atoms with van der Waals surface area (Å²) in [6.45, 7) is 1.89. The zero-order valence-corrected chi connectivity index (χ0v) is 13.4. The lowest BCUT2D eigenvalue weighted by molar-refractivity contribution is 0.0433. The highest BCUT2D eigenvalue weighted by atomic mass is 79.9. The average molecular weight is 345 g/mol. The molecule has 6 heteroatoms. The minimum absolute atomic E-state index is 0.0133. The molecule has 4 N–H and O–H groups in total. The Kier molecular flexibility index (Phi) is 6.98. The van der Waals surface area contributed by atoms with Gasteiger partial charge >= 0.3 is 5.97 Å². The van der Waals surface area contributed by atoms with Crippen LogP contribution in [0.2, 0.25) is 0 Å². The fourth-order valence-electron chi connectivity index (χ4n) is 2.01. The van der Waals surface area contributed by atoms with Gasteiger partial charge in [0.25, 0.3) is 0 Å². The summed E-state index contributed by atoms with van der Waals surface area (Å²) in [5.41, 5.74) is 8.00. The Labute approximate surface area is 127 Å². The molecule has 0 aliphatic heterocycles. The van der Waals surface area contributed by atoms with Gasteiger partial charge in [0.1, 0.15) is 6.61 Å². The van der Waals surface area contributed by atoms with Gasteiger partial charge in [0.2, 0.25) is 0 Å². The number of esters is 1. The molecule has 0 aliphatic carbocycles. The number of nitrogen functional groups attached to an aromatic ring is 1. The monoisotopic (exact) mass is 344 g/mol. The smallest absolute Gasteiger partial charge is 0.338 e. The molecule has 0 saturated heterocycles. The Hall–Kier alpha value is -1.11. The quantitative estimate of drug-likeness (QED) is 0.521. The van der Waals surface area contributed by atoms with E-state index in [1.807, 2.05) is 7.05 Å². The number of nitrogens with two attached hydrogens (primary N) is 1. The number of aliphatic hydroxyl groups is 1. The van der Waals surface area contributed by atoms with E-state index in [0.29, 0.717) is 15.7 Å². The Balaban J connectivity index is 3.11. The predicted molar refractivity (Wildman–Crippen MR) is 82.6 cm³/mol. The third-order valence-corrected chi connectivity index (χ3v) is 3.68. The van der Waals surface area contributed by atoms with Gasteiger partial charge in [0.05, 0.1) is 17.9 Å². The summed E-state index contributed by atoms with van der Waals surface area (Å²) in [5, 5.41) is 11.9. The zero-order valence-electron chi connectivity index (χ0n) is 11.8. The molecule has 0 spiro atoms. The van der Waals surface area contributed by atoms with Crippen LogP contribution in [-0.2, 0) is 4.74 Å². The second kappa shape index (κ2) is 8.24. The van der Waals surface area contributed by atoms with Crippen molar-refractivity contribution in [1.29, 1.82) is 0 Å². The van der Waals surface area contributed by atoms with E-state index >= 15 is 0 Å². The van der Waals surface area contributed by atoms with Gasteiger partial charge in [-0.1, -0.05) is 13.3 Å². The molecule has 0 aromatic heterocycles. The van der Waals surface area contributed by atoms with E-state index in [0.717, 1.165) is 18.4 Å². The number of ether oxygens (including phenoxy) is 1. The number of hydrogen-bond acceptors (Lipinski definition) is 5. The van der Waals surface area contributed by atoms with Crippen LogP contribution in [0.1, 0.15) is 41.7 Å². The van der Waals surface area contributed by atoms with Crippen LogP contribution in [0.15, 0.2) is 16.6 Å². The van der Waals surface area contributed by atoms with Gasteiger partial charge in [-0.25, -0.2) is 4.79 Å². The van der Waals surface area contributed by atoms with E-state index in [2.05, 4.69) is 28.2 Å². The maximum atomic E-state index is 11.9. The normalized spacial score (nSPS) is 12.2. The number of rotatable bonds is 7. The van der Waals surface area contributed by atoms with Crippen LogP contribution in [-0.4, -0.2) is 31.3 Å². The van der Waals surface area contributed by atoms with Gasteiger partial charge in [-0.15, -0.1) is 0 Å². The number of halogens is 1. The molecule has 5 nitrogen and oxygen atoms in total. The van der Waals surface area contributed by atoms with Crippen LogP contribution in [0.5, 0.6) is 0 Å². The van der Waals surface area contributed by atoms with E-state index < -0.39 is 5.97 Å². The Bertz CT molecular complexity index is 466. The van der Waals surface area contributed by atoms with Gasteiger partial charge in [-0.2, -0.15) is 0 Å². The molecule has 1 aromatic rings. The van der Waals surface area contributed by atoms with Crippen LogP contribution < -0.4 is 11.1 Å². The molecule has 1 atom stereocenters. The summed E-state index contributed by atoms with van der Waals surface area (Å²) < 4.78 is 5.60. The molecule has 1 unspecified atom stereocenters. The predicted octanol–water partition coefficient (Wildman–Crippen LogP) is 2.24. The molecule has 0 radical (unpaired) electrons. The number of benzene rings is 1. The first kappa shape index (κ1) is 16.9. The first-order valence-electron chi connectivity index (χ1n) is 6.59. The van der Waals surface area contributed by atoms with Crippen molar-refractivity contribution >= 4 is 27.6 Å². The van der Waals surface area contributed by atoms with Gasteiger partial charge in [-0.3, -0.25) is 0 Å². The van der Waals surface area contributed by atoms with Crippen molar-refractivity contribution in [2.75, 3.05) is 26.0 Å². The summed E-state index contributed by atoms with van der Waals surface area (Å²) in [4.78, 5) is 11.9. The van der Waals surface area contributed by atoms with Crippen molar-refractivity contribution < 1.29 is 14.6 Å². The van der Waals surface area contributed by atoms with E-state index in [4.69, 9.17) is 15.6 Å². The molecule has 1 rings (SSSR count). The fourth-order valence-corrected chi connectivity index (χ4v) is 2.49. The lowest BCUT2D eigenvalue weighted by Gasteiger charge is -2.19. The lowest BCUT2D eigenvalue weighted by atomic mass is 9.98.